The Balaban J connectivity index is 3.12. The van der Waals surface area contributed by atoms with Crippen LogP contribution in [0, 0.1) is 0 Å². The third-order valence-electron chi connectivity index (χ3n) is 2.04. The summed E-state index contributed by atoms with van der Waals surface area (Å²) in [6.45, 7) is 3.94. The van der Waals surface area contributed by atoms with E-state index < -0.39 is 9.28 Å². The van der Waals surface area contributed by atoms with Gasteiger partial charge in [-0.3, -0.25) is 0 Å². The van der Waals surface area contributed by atoms with Gasteiger partial charge in [0.25, 0.3) is 0 Å². The molecule has 0 amide bonds. The normalized spacial score (nSPS) is 13.5. The molecule has 0 spiro atoms. The van der Waals surface area contributed by atoms with Gasteiger partial charge in [0.05, 0.1) is 0 Å². The Morgan fingerprint density at radius 2 is 1.93 bits per heavy atom. The quantitative estimate of drug-likeness (QED) is 0.431. The minimum Gasteiger partial charge on any atom is -0.400 e. The number of hydrogen-bond donors (Lipinski definition) is 2. The number of unbranched alkanes of at least 4 members (excludes halogenated alkanes) is 1. The summed E-state index contributed by atoms with van der Waals surface area (Å²) in [5.74, 6) is 0. The van der Waals surface area contributed by atoms with Gasteiger partial charge in [-0.25, -0.2) is 0 Å². The molecule has 0 aromatic heterocycles. The highest BCUT2D eigenvalue weighted by Gasteiger charge is 2.07. The number of nitrogens with one attached hydrogen (secondary N) is 1. The highest BCUT2D eigenvalue weighted by Crippen LogP contribution is 2.01. The van der Waals surface area contributed by atoms with Crippen molar-refractivity contribution in [3.05, 3.63) is 0 Å². The zero-order chi connectivity index (χ0) is 10.8. The van der Waals surface area contributed by atoms with Crippen LogP contribution in [0.1, 0.15) is 19.8 Å². The lowest BCUT2D eigenvalue weighted by atomic mass is 10.3. The van der Waals surface area contributed by atoms with Gasteiger partial charge in [-0.15, -0.1) is 0 Å². The molecule has 0 aliphatic rings. The van der Waals surface area contributed by atoms with Crippen LogP contribution in [0.4, 0.5) is 0 Å². The molecule has 0 aromatic carbocycles. The number of hydrogen-bond acceptors (Lipinski definition) is 4. The maximum Gasteiger partial charge on any atom is 0.320 e. The molecule has 0 aliphatic heterocycles. The fourth-order valence-corrected chi connectivity index (χ4v) is 2.51. The summed E-state index contributed by atoms with van der Waals surface area (Å²) >= 11 is 0. The molecule has 0 heterocycles. The lowest BCUT2D eigenvalue weighted by Gasteiger charge is -2.11. The summed E-state index contributed by atoms with van der Waals surface area (Å²) in [4.78, 5) is 0. The Morgan fingerprint density at radius 1 is 1.29 bits per heavy atom. The summed E-state index contributed by atoms with van der Waals surface area (Å²) in [5.41, 5.74) is 5.60. The highest BCUT2D eigenvalue weighted by molar-refractivity contribution is 6.44. The molecule has 0 saturated carbocycles. The van der Waals surface area contributed by atoms with Crippen molar-refractivity contribution in [1.29, 1.82) is 0 Å². The first-order chi connectivity index (χ1) is 6.70. The molecule has 1 atom stereocenters. The van der Waals surface area contributed by atoms with Crippen LogP contribution in [0.25, 0.3) is 0 Å². The van der Waals surface area contributed by atoms with Crippen LogP contribution < -0.4 is 11.1 Å². The lowest BCUT2D eigenvalue weighted by molar-refractivity contribution is 0.276. The zero-order valence-electron chi connectivity index (χ0n) is 9.58. The van der Waals surface area contributed by atoms with Crippen LogP contribution >= 0.6 is 0 Å². The summed E-state index contributed by atoms with van der Waals surface area (Å²) in [6.07, 6.45) is 2.34. The lowest BCUT2D eigenvalue weighted by Crippen LogP contribution is -2.31. The second-order valence-electron chi connectivity index (χ2n) is 3.58. The molecule has 3 N–H and O–H groups in total. The molecule has 0 fully saturated rings. The van der Waals surface area contributed by atoms with Crippen molar-refractivity contribution in [2.45, 2.75) is 31.9 Å². The van der Waals surface area contributed by atoms with Crippen LogP contribution in [-0.4, -0.2) is 42.6 Å². The van der Waals surface area contributed by atoms with Gasteiger partial charge in [-0.2, -0.15) is 0 Å². The third kappa shape index (κ3) is 8.65. The Morgan fingerprint density at radius 3 is 2.43 bits per heavy atom. The van der Waals surface area contributed by atoms with E-state index in [9.17, 15) is 0 Å². The molecule has 4 nitrogen and oxygen atoms in total. The molecule has 86 valence electrons. The minimum absolute atomic E-state index is 0.245. The first-order valence-electron chi connectivity index (χ1n) is 5.22. The van der Waals surface area contributed by atoms with Crippen molar-refractivity contribution in [3.8, 4) is 0 Å². The minimum atomic E-state index is -1.32. The average Bonchev–Trinajstić information content (AvgIpc) is 2.16. The van der Waals surface area contributed by atoms with Gasteiger partial charge in [0.1, 0.15) is 0 Å². The van der Waals surface area contributed by atoms with Crippen LogP contribution in [0.2, 0.25) is 6.04 Å². The van der Waals surface area contributed by atoms with Crippen LogP contribution in [0.3, 0.4) is 0 Å². The van der Waals surface area contributed by atoms with Gasteiger partial charge in [0.15, 0.2) is 0 Å². The number of rotatable bonds is 9. The molecule has 14 heavy (non-hydrogen) atoms. The fourth-order valence-electron chi connectivity index (χ4n) is 1.22. The molecule has 0 aliphatic carbocycles. The Bertz CT molecular complexity index is 121. The van der Waals surface area contributed by atoms with Crippen molar-refractivity contribution >= 4 is 9.28 Å². The van der Waals surface area contributed by atoms with Crippen molar-refractivity contribution in [2.75, 3.05) is 27.3 Å². The van der Waals surface area contributed by atoms with Crippen LogP contribution in [0.15, 0.2) is 0 Å². The SMILES string of the molecule is CO[SiH](CCCCNCC(C)N)OC. The first-order valence-corrected chi connectivity index (χ1v) is 6.98. The Labute approximate surface area is 89.0 Å². The van der Waals surface area contributed by atoms with E-state index >= 15 is 0 Å². The standard InChI is InChI=1S/C9H24N2O2Si/c1-9(10)8-11-6-4-5-7-14(12-2)13-3/h9,11,14H,4-8,10H2,1-3H3. The van der Waals surface area contributed by atoms with E-state index in [1.165, 1.54) is 12.8 Å². The smallest absolute Gasteiger partial charge is 0.320 e. The molecule has 0 radical (unpaired) electrons. The van der Waals surface area contributed by atoms with Gasteiger partial charge < -0.3 is 19.9 Å². The van der Waals surface area contributed by atoms with E-state index in [4.69, 9.17) is 14.6 Å². The Hall–Kier alpha value is 0.0569. The molecular formula is C9H24N2O2Si. The van der Waals surface area contributed by atoms with Crippen LogP contribution in [0.5, 0.6) is 0 Å². The van der Waals surface area contributed by atoms with E-state index in [1.807, 2.05) is 6.92 Å². The summed E-state index contributed by atoms with van der Waals surface area (Å²) in [7, 11) is 2.15. The highest BCUT2D eigenvalue weighted by atomic mass is 28.3. The van der Waals surface area contributed by atoms with Crippen LogP contribution in [-0.2, 0) is 8.85 Å². The monoisotopic (exact) mass is 220 g/mol. The predicted octanol–water partition coefficient (Wildman–Crippen LogP) is 0.217. The van der Waals surface area contributed by atoms with E-state index in [0.717, 1.165) is 19.1 Å². The topological polar surface area (TPSA) is 56.5 Å². The second kappa shape index (κ2) is 9.61. The van der Waals surface area contributed by atoms with Gasteiger partial charge in [-0.05, 0) is 25.9 Å². The molecule has 0 bridgehead atoms. The molecule has 0 aromatic rings. The number of nitrogens with two attached hydrogens (primary N) is 1. The van der Waals surface area contributed by atoms with Crippen molar-refractivity contribution in [2.24, 2.45) is 5.73 Å². The summed E-state index contributed by atoms with van der Waals surface area (Å²) in [5, 5.41) is 3.30. The van der Waals surface area contributed by atoms with E-state index in [1.54, 1.807) is 14.2 Å². The van der Waals surface area contributed by atoms with Gasteiger partial charge >= 0.3 is 9.28 Å². The molecule has 0 saturated heterocycles. The maximum atomic E-state index is 5.60. The zero-order valence-corrected chi connectivity index (χ0v) is 10.7. The molecular weight excluding hydrogens is 196 g/mol. The maximum absolute atomic E-state index is 5.60. The van der Waals surface area contributed by atoms with E-state index in [0.29, 0.717) is 0 Å². The van der Waals surface area contributed by atoms with Gasteiger partial charge in [0.2, 0.25) is 0 Å². The van der Waals surface area contributed by atoms with E-state index in [-0.39, 0.29) is 6.04 Å². The Kier molecular flexibility index (Phi) is 9.64. The molecule has 0 rings (SSSR count). The first kappa shape index (κ1) is 14.1. The second-order valence-corrected chi connectivity index (χ2v) is 5.96. The fraction of sp³-hybridized carbons (Fsp3) is 1.00. The predicted molar refractivity (Wildman–Crippen MR) is 61.7 cm³/mol. The third-order valence-corrected chi connectivity index (χ3v) is 3.97. The van der Waals surface area contributed by atoms with Crippen molar-refractivity contribution in [3.63, 3.8) is 0 Å². The molecule has 5 heteroatoms. The summed E-state index contributed by atoms with van der Waals surface area (Å²) < 4.78 is 10.4. The van der Waals surface area contributed by atoms with Gasteiger partial charge in [0, 0.05) is 26.8 Å². The van der Waals surface area contributed by atoms with Crippen molar-refractivity contribution in [1.82, 2.24) is 5.32 Å². The molecule has 1 unspecified atom stereocenters. The van der Waals surface area contributed by atoms with Crippen molar-refractivity contribution < 1.29 is 8.85 Å². The summed E-state index contributed by atoms with van der Waals surface area (Å²) in [6, 6.07) is 1.34. The van der Waals surface area contributed by atoms with Gasteiger partial charge in [-0.1, -0.05) is 6.42 Å². The average molecular weight is 220 g/mol. The largest absolute Gasteiger partial charge is 0.400 e. The van der Waals surface area contributed by atoms with E-state index in [2.05, 4.69) is 5.32 Å².